The molecule has 0 unspecified atom stereocenters. The predicted molar refractivity (Wildman–Crippen MR) is 96.1 cm³/mol. The van der Waals surface area contributed by atoms with E-state index in [-0.39, 0.29) is 17.1 Å². The summed E-state index contributed by atoms with van der Waals surface area (Å²) >= 11 is 0. The first kappa shape index (κ1) is 22.5. The molecule has 0 bridgehead atoms. The van der Waals surface area contributed by atoms with Crippen molar-refractivity contribution < 1.29 is 39.5 Å². The lowest BCUT2D eigenvalue weighted by molar-refractivity contribution is -0.138. The maximum absolute atomic E-state index is 12.9. The Hall–Kier alpha value is -3.17. The second-order valence-corrected chi connectivity index (χ2v) is 6.47. The maximum atomic E-state index is 12.9. The summed E-state index contributed by atoms with van der Waals surface area (Å²) < 4.78 is 116. The van der Waals surface area contributed by atoms with Crippen LogP contribution in [0.4, 0.5) is 56.6 Å². The molecule has 0 radical (unpaired) electrons. The van der Waals surface area contributed by atoms with Gasteiger partial charge in [0.2, 0.25) is 0 Å². The van der Waals surface area contributed by atoms with E-state index in [0.717, 1.165) is 72.8 Å². The fourth-order valence-electron chi connectivity index (χ4n) is 2.85. The van der Waals surface area contributed by atoms with E-state index in [1.807, 2.05) is 0 Å². The minimum Gasteiger partial charge on any atom is -0.311 e. The number of hydrogen-bond donors (Lipinski definition) is 0. The van der Waals surface area contributed by atoms with Gasteiger partial charge in [0.1, 0.15) is 0 Å². The molecule has 0 aromatic heterocycles. The molecule has 0 aliphatic carbocycles. The van der Waals surface area contributed by atoms with Crippen LogP contribution >= 0.6 is 0 Å². The molecule has 0 saturated heterocycles. The molecule has 0 saturated carbocycles. The van der Waals surface area contributed by atoms with Crippen LogP contribution in [0.2, 0.25) is 0 Å². The molecule has 1 nitrogen and oxygen atoms in total. The summed E-state index contributed by atoms with van der Waals surface area (Å²) in [5.74, 6) is 0. The average molecular weight is 449 g/mol. The third-order valence-corrected chi connectivity index (χ3v) is 4.36. The number of benzene rings is 3. The first-order chi connectivity index (χ1) is 14.3. The van der Waals surface area contributed by atoms with Crippen LogP contribution in [0, 0.1) is 0 Å². The van der Waals surface area contributed by atoms with Crippen molar-refractivity contribution in [3.63, 3.8) is 0 Å². The van der Waals surface area contributed by atoms with Crippen LogP contribution in [0.5, 0.6) is 0 Å². The highest BCUT2D eigenvalue weighted by atomic mass is 19.4. The van der Waals surface area contributed by atoms with Gasteiger partial charge in [0.05, 0.1) is 16.7 Å². The normalized spacial score (nSPS) is 12.7. The predicted octanol–water partition coefficient (Wildman–Crippen LogP) is 8.21. The van der Waals surface area contributed by atoms with Crippen molar-refractivity contribution in [3.05, 3.63) is 89.5 Å². The fourth-order valence-corrected chi connectivity index (χ4v) is 2.85. The van der Waals surface area contributed by atoms with Crippen molar-refractivity contribution in [1.29, 1.82) is 0 Å². The molecule has 0 atom stereocenters. The second-order valence-electron chi connectivity index (χ2n) is 6.47. The lowest BCUT2D eigenvalue weighted by Crippen LogP contribution is -2.13. The standard InChI is InChI=1S/C21H12F9N/c22-19(23,24)13-1-7-16(8-2-13)31(17-9-3-14(4-10-17)20(25,26)27)18-11-5-15(6-12-18)21(28,29)30/h1-12H. The third-order valence-electron chi connectivity index (χ3n) is 4.36. The van der Waals surface area contributed by atoms with Crippen molar-refractivity contribution >= 4 is 17.1 Å². The minimum atomic E-state index is -4.61. The van der Waals surface area contributed by atoms with Crippen molar-refractivity contribution in [1.82, 2.24) is 0 Å². The lowest BCUT2D eigenvalue weighted by Gasteiger charge is -2.26. The van der Waals surface area contributed by atoms with Gasteiger partial charge < -0.3 is 4.90 Å². The molecule has 0 aliphatic heterocycles. The van der Waals surface area contributed by atoms with E-state index in [0.29, 0.717) is 0 Å². The molecular formula is C21H12F9N. The largest absolute Gasteiger partial charge is 0.416 e. The molecule has 3 rings (SSSR count). The first-order valence-corrected chi connectivity index (χ1v) is 8.59. The zero-order chi connectivity index (χ0) is 23.0. The molecule has 3 aromatic carbocycles. The highest BCUT2D eigenvalue weighted by molar-refractivity contribution is 5.76. The van der Waals surface area contributed by atoms with E-state index >= 15 is 0 Å². The van der Waals surface area contributed by atoms with E-state index < -0.39 is 35.2 Å². The Morgan fingerprint density at radius 1 is 0.355 bits per heavy atom. The van der Waals surface area contributed by atoms with E-state index in [1.165, 1.54) is 4.90 Å². The number of alkyl halides is 9. The zero-order valence-corrected chi connectivity index (χ0v) is 15.3. The first-order valence-electron chi connectivity index (χ1n) is 8.59. The van der Waals surface area contributed by atoms with Gasteiger partial charge >= 0.3 is 18.5 Å². The smallest absolute Gasteiger partial charge is 0.311 e. The highest BCUT2D eigenvalue weighted by Crippen LogP contribution is 2.39. The van der Waals surface area contributed by atoms with Crippen LogP contribution in [-0.4, -0.2) is 0 Å². The highest BCUT2D eigenvalue weighted by Gasteiger charge is 2.32. The number of nitrogens with zero attached hydrogens (tertiary/aromatic N) is 1. The lowest BCUT2D eigenvalue weighted by atomic mass is 10.1. The molecule has 0 fully saturated rings. The van der Waals surface area contributed by atoms with Gasteiger partial charge in [-0.25, -0.2) is 0 Å². The van der Waals surface area contributed by atoms with Crippen LogP contribution < -0.4 is 4.90 Å². The molecule has 0 spiro atoms. The third kappa shape index (κ3) is 5.12. The number of halogens is 9. The Bertz CT molecular complexity index is 877. The Morgan fingerprint density at radius 3 is 0.710 bits per heavy atom. The molecule has 31 heavy (non-hydrogen) atoms. The monoisotopic (exact) mass is 449 g/mol. The Balaban J connectivity index is 2.08. The molecule has 0 heterocycles. The van der Waals surface area contributed by atoms with E-state index in [1.54, 1.807) is 0 Å². The molecule has 10 heteroatoms. The van der Waals surface area contributed by atoms with Gasteiger partial charge in [0.25, 0.3) is 0 Å². The van der Waals surface area contributed by atoms with Crippen molar-refractivity contribution in [3.8, 4) is 0 Å². The van der Waals surface area contributed by atoms with Crippen LogP contribution in [-0.2, 0) is 18.5 Å². The number of rotatable bonds is 3. The summed E-state index contributed by atoms with van der Waals surface area (Å²) in [7, 11) is 0. The maximum Gasteiger partial charge on any atom is 0.416 e. The summed E-state index contributed by atoms with van der Waals surface area (Å²) in [6.45, 7) is 0. The van der Waals surface area contributed by atoms with E-state index in [4.69, 9.17) is 0 Å². The molecule has 0 aliphatic rings. The quantitative estimate of drug-likeness (QED) is 0.364. The van der Waals surface area contributed by atoms with Crippen molar-refractivity contribution in [2.24, 2.45) is 0 Å². The van der Waals surface area contributed by atoms with E-state index in [2.05, 4.69) is 0 Å². The van der Waals surface area contributed by atoms with Gasteiger partial charge in [-0.05, 0) is 72.8 Å². The fraction of sp³-hybridized carbons (Fsp3) is 0.143. The summed E-state index contributed by atoms with van der Waals surface area (Å²) in [6.07, 6.45) is -13.8. The topological polar surface area (TPSA) is 3.24 Å². The van der Waals surface area contributed by atoms with Crippen molar-refractivity contribution in [2.45, 2.75) is 18.5 Å². The van der Waals surface area contributed by atoms with Crippen LogP contribution in [0.1, 0.15) is 16.7 Å². The van der Waals surface area contributed by atoms with Crippen LogP contribution in [0.15, 0.2) is 72.8 Å². The summed E-state index contributed by atoms with van der Waals surface area (Å²) in [5.41, 5.74) is -2.49. The van der Waals surface area contributed by atoms with Crippen LogP contribution in [0.25, 0.3) is 0 Å². The Morgan fingerprint density at radius 2 is 0.548 bits per heavy atom. The Labute approximate surface area is 170 Å². The SMILES string of the molecule is FC(F)(F)c1ccc(N(c2ccc(C(F)(F)F)cc2)c2ccc(C(F)(F)F)cc2)cc1. The van der Waals surface area contributed by atoms with Gasteiger partial charge in [0, 0.05) is 17.1 Å². The minimum absolute atomic E-state index is 0.118. The molecule has 3 aromatic rings. The van der Waals surface area contributed by atoms with Gasteiger partial charge in [-0.15, -0.1) is 0 Å². The van der Waals surface area contributed by atoms with Gasteiger partial charge in [0.15, 0.2) is 0 Å². The zero-order valence-electron chi connectivity index (χ0n) is 15.3. The Kier molecular flexibility index (Phi) is 5.68. The van der Waals surface area contributed by atoms with E-state index in [9.17, 15) is 39.5 Å². The number of hydrogen-bond acceptors (Lipinski definition) is 1. The summed E-state index contributed by atoms with van der Waals surface area (Å²) in [4.78, 5) is 1.25. The number of anilines is 3. The summed E-state index contributed by atoms with van der Waals surface area (Å²) in [5, 5.41) is 0. The molecular weight excluding hydrogens is 437 g/mol. The molecule has 0 amide bonds. The van der Waals surface area contributed by atoms with Gasteiger partial charge in [-0.1, -0.05) is 0 Å². The summed E-state index contributed by atoms with van der Waals surface area (Å²) in [6, 6.07) is 11.1. The van der Waals surface area contributed by atoms with Crippen LogP contribution in [0.3, 0.4) is 0 Å². The molecule has 0 N–H and O–H groups in total. The van der Waals surface area contributed by atoms with Gasteiger partial charge in [-0.3, -0.25) is 0 Å². The second kappa shape index (κ2) is 7.82. The molecule has 164 valence electrons. The average Bonchev–Trinajstić information content (AvgIpc) is 2.67. The van der Waals surface area contributed by atoms with Crippen molar-refractivity contribution in [2.75, 3.05) is 4.90 Å². The van der Waals surface area contributed by atoms with Gasteiger partial charge in [-0.2, -0.15) is 39.5 Å².